The van der Waals surface area contributed by atoms with Crippen LogP contribution in [0.3, 0.4) is 0 Å². The zero-order chi connectivity index (χ0) is 22.4. The van der Waals surface area contributed by atoms with Crippen molar-refractivity contribution in [3.05, 3.63) is 104 Å². The number of rotatable bonds is 7. The van der Waals surface area contributed by atoms with Crippen LogP contribution in [-0.2, 0) is 6.61 Å². The van der Waals surface area contributed by atoms with Crippen LogP contribution in [0.15, 0.2) is 66.7 Å². The Morgan fingerprint density at radius 3 is 2.55 bits per heavy atom. The third kappa shape index (κ3) is 5.47. The Balaban J connectivity index is 1.79. The number of carboxylic acids is 1. The normalized spacial score (nSPS) is 10.9. The minimum atomic E-state index is -1.02. The van der Waals surface area contributed by atoms with Crippen LogP contribution in [0.1, 0.15) is 27.0 Å². The van der Waals surface area contributed by atoms with E-state index in [0.717, 1.165) is 0 Å². The zero-order valence-corrected chi connectivity index (χ0v) is 16.7. The number of benzene rings is 3. The van der Waals surface area contributed by atoms with Crippen molar-refractivity contribution in [3.8, 4) is 11.8 Å². The van der Waals surface area contributed by atoms with Crippen LogP contribution in [0, 0.1) is 21.4 Å². The van der Waals surface area contributed by atoms with Gasteiger partial charge in [-0.2, -0.15) is 5.26 Å². The van der Waals surface area contributed by atoms with E-state index < -0.39 is 10.9 Å². The van der Waals surface area contributed by atoms with Gasteiger partial charge in [-0.25, -0.2) is 4.79 Å². The summed E-state index contributed by atoms with van der Waals surface area (Å²) in [5.74, 6) is -0.624. The van der Waals surface area contributed by atoms with Crippen molar-refractivity contribution < 1.29 is 19.6 Å². The summed E-state index contributed by atoms with van der Waals surface area (Å²) in [6, 6.07) is 19.2. The summed E-state index contributed by atoms with van der Waals surface area (Å²) < 4.78 is 5.69. The first-order chi connectivity index (χ1) is 14.9. The highest BCUT2D eigenvalue weighted by atomic mass is 35.5. The lowest BCUT2D eigenvalue weighted by Gasteiger charge is -2.09. The topological polar surface area (TPSA) is 113 Å². The van der Waals surface area contributed by atoms with Gasteiger partial charge in [-0.05, 0) is 47.0 Å². The average Bonchev–Trinajstić information content (AvgIpc) is 2.77. The summed E-state index contributed by atoms with van der Waals surface area (Å²) >= 11 is 6.30. The highest BCUT2D eigenvalue weighted by molar-refractivity contribution is 6.32. The van der Waals surface area contributed by atoms with Crippen molar-refractivity contribution in [2.45, 2.75) is 6.61 Å². The zero-order valence-electron chi connectivity index (χ0n) is 16.0. The van der Waals surface area contributed by atoms with E-state index in [9.17, 15) is 20.2 Å². The van der Waals surface area contributed by atoms with Crippen LogP contribution in [0.4, 0.5) is 5.69 Å². The second-order valence-electron chi connectivity index (χ2n) is 6.46. The van der Waals surface area contributed by atoms with Gasteiger partial charge >= 0.3 is 5.97 Å². The Labute approximate surface area is 182 Å². The molecule has 31 heavy (non-hydrogen) atoms. The van der Waals surface area contributed by atoms with Crippen molar-refractivity contribution >= 4 is 34.9 Å². The summed E-state index contributed by atoms with van der Waals surface area (Å²) in [5, 5.41) is 29.8. The number of aromatic carboxylic acids is 1. The van der Waals surface area contributed by atoms with Crippen LogP contribution >= 0.6 is 11.6 Å². The SMILES string of the molecule is N#C/C(=C/c1ccc(OCc2cccc(C(=O)O)c2)c(Cl)c1)c1cccc([N+](=O)[O-])c1. The number of nitro benzene ring substituents is 1. The van der Waals surface area contributed by atoms with Gasteiger partial charge in [0.25, 0.3) is 5.69 Å². The number of nitrogens with zero attached hydrogens (tertiary/aromatic N) is 2. The van der Waals surface area contributed by atoms with E-state index in [2.05, 4.69) is 0 Å². The minimum Gasteiger partial charge on any atom is -0.487 e. The predicted octanol–water partition coefficient (Wildman–Crippen LogP) is 5.59. The average molecular weight is 435 g/mol. The fraction of sp³-hybridized carbons (Fsp3) is 0.0435. The standard InChI is InChI=1S/C23H15ClN2O5/c24-21-11-15(9-19(13-25)17-4-2-6-20(12-17)26(29)30)7-8-22(21)31-14-16-3-1-5-18(10-16)23(27)28/h1-12H,14H2,(H,27,28)/b19-9-. The highest BCUT2D eigenvalue weighted by Gasteiger charge is 2.10. The fourth-order valence-corrected chi connectivity index (χ4v) is 3.06. The smallest absolute Gasteiger partial charge is 0.335 e. The third-order valence-corrected chi connectivity index (χ3v) is 4.62. The van der Waals surface area contributed by atoms with Crippen molar-refractivity contribution in [1.82, 2.24) is 0 Å². The first-order valence-corrected chi connectivity index (χ1v) is 9.36. The molecular formula is C23H15ClN2O5. The lowest BCUT2D eigenvalue weighted by molar-refractivity contribution is -0.384. The van der Waals surface area contributed by atoms with Crippen LogP contribution < -0.4 is 4.74 Å². The first kappa shape index (κ1) is 21.6. The molecule has 1 N–H and O–H groups in total. The predicted molar refractivity (Wildman–Crippen MR) is 116 cm³/mol. The van der Waals surface area contributed by atoms with Gasteiger partial charge in [0.2, 0.25) is 0 Å². The monoisotopic (exact) mass is 434 g/mol. The number of carboxylic acid groups (broad SMARTS) is 1. The molecule has 3 rings (SSSR count). The van der Waals surface area contributed by atoms with Crippen molar-refractivity contribution in [2.75, 3.05) is 0 Å². The van der Waals surface area contributed by atoms with Gasteiger partial charge in [-0.3, -0.25) is 10.1 Å². The second-order valence-corrected chi connectivity index (χ2v) is 6.87. The summed E-state index contributed by atoms with van der Waals surface area (Å²) in [4.78, 5) is 21.5. The van der Waals surface area contributed by atoms with Crippen LogP contribution in [0.2, 0.25) is 5.02 Å². The van der Waals surface area contributed by atoms with E-state index in [4.69, 9.17) is 21.4 Å². The van der Waals surface area contributed by atoms with Crippen LogP contribution in [-0.4, -0.2) is 16.0 Å². The number of ether oxygens (including phenoxy) is 1. The molecule has 3 aromatic rings. The molecule has 0 radical (unpaired) electrons. The summed E-state index contributed by atoms with van der Waals surface area (Å²) in [7, 11) is 0. The van der Waals surface area contributed by atoms with Crippen LogP contribution in [0.5, 0.6) is 5.75 Å². The molecule has 0 fully saturated rings. The molecule has 3 aromatic carbocycles. The molecule has 0 saturated heterocycles. The molecule has 0 aliphatic heterocycles. The Morgan fingerprint density at radius 1 is 1.13 bits per heavy atom. The summed E-state index contributed by atoms with van der Waals surface area (Å²) in [6.45, 7) is 0.132. The largest absolute Gasteiger partial charge is 0.487 e. The van der Waals surface area contributed by atoms with Crippen molar-refractivity contribution in [3.63, 3.8) is 0 Å². The molecule has 8 heteroatoms. The fourth-order valence-electron chi connectivity index (χ4n) is 2.81. The van der Waals surface area contributed by atoms with Gasteiger partial charge < -0.3 is 9.84 Å². The Bertz CT molecular complexity index is 1230. The number of non-ortho nitro benzene ring substituents is 1. The van der Waals surface area contributed by atoms with Gasteiger partial charge in [-0.1, -0.05) is 41.9 Å². The molecule has 7 nitrogen and oxygen atoms in total. The van der Waals surface area contributed by atoms with Gasteiger partial charge in [0.15, 0.2) is 0 Å². The maximum atomic E-state index is 11.1. The lowest BCUT2D eigenvalue weighted by Crippen LogP contribution is -2.00. The van der Waals surface area contributed by atoms with Gasteiger partial charge in [0, 0.05) is 12.1 Å². The molecule has 0 bridgehead atoms. The molecule has 0 aliphatic rings. The minimum absolute atomic E-state index is 0.104. The Hall–Kier alpha value is -4.15. The number of nitriles is 1. The number of nitro groups is 1. The molecule has 0 spiro atoms. The Kier molecular flexibility index (Phi) is 6.65. The number of hydrogen-bond acceptors (Lipinski definition) is 5. The summed E-state index contributed by atoms with van der Waals surface area (Å²) in [5.41, 5.74) is 2.03. The number of hydrogen-bond donors (Lipinski definition) is 1. The second kappa shape index (κ2) is 9.57. The van der Waals surface area contributed by atoms with E-state index in [-0.39, 0.29) is 23.4 Å². The lowest BCUT2D eigenvalue weighted by atomic mass is 10.0. The third-order valence-electron chi connectivity index (χ3n) is 4.32. The molecular weight excluding hydrogens is 420 g/mol. The number of allylic oxidation sites excluding steroid dienone is 1. The van der Waals surface area contributed by atoms with Crippen molar-refractivity contribution in [1.29, 1.82) is 5.26 Å². The van der Waals surface area contributed by atoms with E-state index in [1.54, 1.807) is 42.5 Å². The molecule has 0 atom stereocenters. The van der Waals surface area contributed by atoms with Gasteiger partial charge in [-0.15, -0.1) is 0 Å². The maximum absolute atomic E-state index is 11.1. The van der Waals surface area contributed by atoms with Gasteiger partial charge in [0.05, 0.1) is 27.2 Å². The maximum Gasteiger partial charge on any atom is 0.335 e. The van der Waals surface area contributed by atoms with E-state index >= 15 is 0 Å². The number of halogens is 1. The van der Waals surface area contributed by atoms with E-state index in [0.29, 0.717) is 27.5 Å². The molecule has 0 unspecified atom stereocenters. The highest BCUT2D eigenvalue weighted by Crippen LogP contribution is 2.29. The van der Waals surface area contributed by atoms with E-state index in [1.165, 1.54) is 30.3 Å². The Morgan fingerprint density at radius 2 is 1.87 bits per heavy atom. The number of carbonyl (C=O) groups is 1. The van der Waals surface area contributed by atoms with Crippen LogP contribution in [0.25, 0.3) is 11.6 Å². The molecule has 154 valence electrons. The molecule has 0 aliphatic carbocycles. The first-order valence-electron chi connectivity index (χ1n) is 8.98. The summed E-state index contributed by atoms with van der Waals surface area (Å²) in [6.07, 6.45) is 1.57. The van der Waals surface area contributed by atoms with Gasteiger partial charge in [0.1, 0.15) is 12.4 Å². The molecule has 0 saturated carbocycles. The van der Waals surface area contributed by atoms with Crippen molar-refractivity contribution in [2.24, 2.45) is 0 Å². The molecule has 0 aromatic heterocycles. The molecule has 0 amide bonds. The molecule has 0 heterocycles. The quantitative estimate of drug-likeness (QED) is 0.224. The van der Waals surface area contributed by atoms with E-state index in [1.807, 2.05) is 6.07 Å².